The minimum Gasteiger partial charge on any atom is -0.497 e. The van der Waals surface area contributed by atoms with Crippen LogP contribution in [0.3, 0.4) is 0 Å². The number of ether oxygens (including phenoxy) is 1. The molecule has 5 rings (SSSR count). The molecule has 0 aliphatic heterocycles. The van der Waals surface area contributed by atoms with Gasteiger partial charge in [-0.1, -0.05) is 25.1 Å². The summed E-state index contributed by atoms with van der Waals surface area (Å²) in [6, 6.07) is 15.3. The first-order valence-corrected chi connectivity index (χ1v) is 9.94. The van der Waals surface area contributed by atoms with E-state index in [1.54, 1.807) is 18.0 Å². The summed E-state index contributed by atoms with van der Waals surface area (Å²) in [5, 5.41) is 0.480. The van der Waals surface area contributed by atoms with E-state index in [4.69, 9.17) is 14.7 Å². The van der Waals surface area contributed by atoms with Gasteiger partial charge in [0.1, 0.15) is 23.0 Å². The van der Waals surface area contributed by atoms with Crippen molar-refractivity contribution < 1.29 is 4.74 Å². The molecule has 2 aromatic carbocycles. The van der Waals surface area contributed by atoms with Gasteiger partial charge in [-0.25, -0.2) is 15.0 Å². The third kappa shape index (κ3) is 2.66. The van der Waals surface area contributed by atoms with Crippen LogP contribution in [0.25, 0.3) is 38.9 Å². The number of hydrogen-bond acceptors (Lipinski definition) is 5. The van der Waals surface area contributed by atoms with Crippen molar-refractivity contribution in [3.05, 3.63) is 65.2 Å². The van der Waals surface area contributed by atoms with E-state index in [0.29, 0.717) is 27.9 Å². The monoisotopic (exact) mass is 399 g/mol. The summed E-state index contributed by atoms with van der Waals surface area (Å²) in [4.78, 5) is 27.8. The van der Waals surface area contributed by atoms with E-state index in [-0.39, 0.29) is 11.6 Å². The lowest BCUT2D eigenvalue weighted by Crippen LogP contribution is -2.23. The molecule has 0 saturated heterocycles. The van der Waals surface area contributed by atoms with Crippen LogP contribution in [0, 0.1) is 0 Å². The molecule has 0 spiro atoms. The maximum absolute atomic E-state index is 13.5. The molecule has 0 fully saturated rings. The highest BCUT2D eigenvalue weighted by molar-refractivity contribution is 6.05. The van der Waals surface area contributed by atoms with Gasteiger partial charge in [0, 0.05) is 12.1 Å². The number of methoxy groups -OCH3 is 1. The number of benzene rings is 2. The zero-order valence-electron chi connectivity index (χ0n) is 17.0. The summed E-state index contributed by atoms with van der Waals surface area (Å²) in [6.07, 6.45) is 2.45. The van der Waals surface area contributed by atoms with E-state index in [1.165, 1.54) is 0 Å². The lowest BCUT2D eigenvalue weighted by atomic mass is 10.2. The van der Waals surface area contributed by atoms with Crippen LogP contribution < -0.4 is 10.3 Å². The van der Waals surface area contributed by atoms with Crippen molar-refractivity contribution in [1.82, 2.24) is 24.1 Å². The van der Waals surface area contributed by atoms with Crippen molar-refractivity contribution >= 4 is 33.2 Å². The normalized spacial score (nSPS) is 12.6. The molecule has 0 aliphatic rings. The van der Waals surface area contributed by atoms with Crippen LogP contribution in [0.2, 0.25) is 0 Å². The van der Waals surface area contributed by atoms with Gasteiger partial charge in [-0.15, -0.1) is 0 Å². The molecule has 0 radical (unpaired) electrons. The highest BCUT2D eigenvalue weighted by atomic mass is 16.5. The van der Waals surface area contributed by atoms with Gasteiger partial charge in [0.25, 0.3) is 5.56 Å². The fourth-order valence-electron chi connectivity index (χ4n) is 3.75. The Hall–Kier alpha value is -3.74. The van der Waals surface area contributed by atoms with Crippen LogP contribution in [-0.2, 0) is 0 Å². The molecule has 1 unspecified atom stereocenters. The summed E-state index contributed by atoms with van der Waals surface area (Å²) < 4.78 is 8.96. The molecule has 0 amide bonds. The Morgan fingerprint density at radius 1 is 1.03 bits per heavy atom. The SMILES string of the molecule is CCC(C)n1cnc2c(c1=O)c1nc3ccccc3nc1n2-c1cccc(OC)c1. The Labute approximate surface area is 172 Å². The molecular weight excluding hydrogens is 378 g/mol. The van der Waals surface area contributed by atoms with Gasteiger partial charge in [0.05, 0.1) is 23.8 Å². The first-order chi connectivity index (χ1) is 14.6. The van der Waals surface area contributed by atoms with Crippen molar-refractivity contribution in [3.63, 3.8) is 0 Å². The second kappa shape index (κ2) is 6.95. The summed E-state index contributed by atoms with van der Waals surface area (Å²) >= 11 is 0. The van der Waals surface area contributed by atoms with E-state index in [1.807, 2.05) is 66.9 Å². The smallest absolute Gasteiger partial charge is 0.265 e. The first-order valence-electron chi connectivity index (χ1n) is 9.94. The van der Waals surface area contributed by atoms with Gasteiger partial charge in [0.15, 0.2) is 11.3 Å². The average Bonchev–Trinajstić information content (AvgIpc) is 3.11. The van der Waals surface area contributed by atoms with E-state index >= 15 is 0 Å². The van der Waals surface area contributed by atoms with Gasteiger partial charge < -0.3 is 4.74 Å². The molecule has 0 saturated carbocycles. The van der Waals surface area contributed by atoms with Crippen molar-refractivity contribution in [3.8, 4) is 11.4 Å². The van der Waals surface area contributed by atoms with E-state index < -0.39 is 0 Å². The second-order valence-corrected chi connectivity index (χ2v) is 7.33. The molecular formula is C23H21N5O2. The zero-order valence-corrected chi connectivity index (χ0v) is 17.0. The second-order valence-electron chi connectivity index (χ2n) is 7.33. The molecule has 7 heteroatoms. The number of aromatic nitrogens is 5. The van der Waals surface area contributed by atoms with Gasteiger partial charge in [-0.05, 0) is 37.6 Å². The van der Waals surface area contributed by atoms with Gasteiger partial charge in [-0.3, -0.25) is 13.9 Å². The standard InChI is InChI=1S/C23H21N5O2/c1-4-14(2)27-13-24-21-19(23(27)29)20-22(26-18-11-6-5-10-17(18)25-20)28(21)15-8-7-9-16(12-15)30-3/h5-14H,4H2,1-3H3. The number of rotatable bonds is 4. The Kier molecular flexibility index (Phi) is 4.24. The van der Waals surface area contributed by atoms with Crippen molar-refractivity contribution in [2.45, 2.75) is 26.3 Å². The summed E-state index contributed by atoms with van der Waals surface area (Å²) in [5.41, 5.74) is 3.91. The Bertz CT molecular complexity index is 1470. The van der Waals surface area contributed by atoms with Crippen LogP contribution >= 0.6 is 0 Å². The molecule has 3 heterocycles. The summed E-state index contributed by atoms with van der Waals surface area (Å²) in [7, 11) is 1.63. The Balaban J connectivity index is 1.97. The predicted octanol–water partition coefficient (Wildman–Crippen LogP) is 4.26. The Morgan fingerprint density at radius 3 is 2.53 bits per heavy atom. The van der Waals surface area contributed by atoms with E-state index in [2.05, 4.69) is 4.98 Å². The number of para-hydroxylation sites is 2. The minimum absolute atomic E-state index is 0.0398. The molecule has 3 aromatic heterocycles. The predicted molar refractivity (Wildman–Crippen MR) is 117 cm³/mol. The minimum atomic E-state index is -0.106. The van der Waals surface area contributed by atoms with Gasteiger partial charge >= 0.3 is 0 Å². The van der Waals surface area contributed by atoms with Crippen LogP contribution in [0.5, 0.6) is 5.75 Å². The largest absolute Gasteiger partial charge is 0.497 e. The number of fused-ring (bicyclic) bond motifs is 4. The van der Waals surface area contributed by atoms with Crippen LogP contribution in [-0.4, -0.2) is 31.2 Å². The molecule has 0 bridgehead atoms. The van der Waals surface area contributed by atoms with E-state index in [9.17, 15) is 4.79 Å². The Morgan fingerprint density at radius 2 is 1.80 bits per heavy atom. The quantitative estimate of drug-likeness (QED) is 0.451. The molecule has 5 aromatic rings. The number of nitrogens with zero attached hydrogens (tertiary/aromatic N) is 5. The fourth-order valence-corrected chi connectivity index (χ4v) is 3.75. The lowest BCUT2D eigenvalue weighted by Gasteiger charge is -2.12. The third-order valence-corrected chi connectivity index (χ3v) is 5.57. The van der Waals surface area contributed by atoms with Crippen molar-refractivity contribution in [2.24, 2.45) is 0 Å². The highest BCUT2D eigenvalue weighted by Crippen LogP contribution is 2.29. The fraction of sp³-hybridized carbons (Fsp3) is 0.217. The van der Waals surface area contributed by atoms with E-state index in [0.717, 1.165) is 23.1 Å². The lowest BCUT2D eigenvalue weighted by molar-refractivity contribution is 0.414. The van der Waals surface area contributed by atoms with Crippen molar-refractivity contribution in [1.29, 1.82) is 0 Å². The molecule has 7 nitrogen and oxygen atoms in total. The van der Waals surface area contributed by atoms with Crippen molar-refractivity contribution in [2.75, 3.05) is 7.11 Å². The maximum Gasteiger partial charge on any atom is 0.265 e. The summed E-state index contributed by atoms with van der Waals surface area (Å²) in [5.74, 6) is 0.712. The van der Waals surface area contributed by atoms with Gasteiger partial charge in [-0.2, -0.15) is 0 Å². The topological polar surface area (TPSA) is 74.8 Å². The van der Waals surface area contributed by atoms with Crippen LogP contribution in [0.1, 0.15) is 26.3 Å². The maximum atomic E-state index is 13.5. The third-order valence-electron chi connectivity index (χ3n) is 5.57. The zero-order chi connectivity index (χ0) is 20.8. The van der Waals surface area contributed by atoms with Crippen LogP contribution in [0.15, 0.2) is 59.7 Å². The molecule has 0 aliphatic carbocycles. The molecule has 30 heavy (non-hydrogen) atoms. The number of hydrogen-bond donors (Lipinski definition) is 0. The average molecular weight is 399 g/mol. The highest BCUT2D eigenvalue weighted by Gasteiger charge is 2.21. The van der Waals surface area contributed by atoms with Gasteiger partial charge in [0.2, 0.25) is 0 Å². The first kappa shape index (κ1) is 18.3. The molecule has 1 atom stereocenters. The summed E-state index contributed by atoms with van der Waals surface area (Å²) in [6.45, 7) is 4.06. The molecule has 0 N–H and O–H groups in total. The molecule has 150 valence electrons. The van der Waals surface area contributed by atoms with Crippen LogP contribution in [0.4, 0.5) is 0 Å².